The van der Waals surface area contributed by atoms with Crippen LogP contribution in [0.2, 0.25) is 0 Å². The molecular formula is C18H14N2O5S. The zero-order chi connectivity index (χ0) is 18.5. The third-order valence-corrected chi connectivity index (χ3v) is 4.20. The molecule has 1 amide bonds. The number of aromatic hydroxyl groups is 1. The van der Waals surface area contributed by atoms with Gasteiger partial charge in [0.1, 0.15) is 11.5 Å². The molecule has 0 atom stereocenters. The van der Waals surface area contributed by atoms with E-state index in [0.717, 1.165) is 11.8 Å². The number of rotatable bonds is 5. The van der Waals surface area contributed by atoms with Crippen LogP contribution in [0.25, 0.3) is 6.08 Å². The number of carboxylic acid groups (broad SMARTS) is 1. The number of carbonyl (C=O) groups is 2. The average Bonchev–Trinajstić information content (AvgIpc) is 2.95. The van der Waals surface area contributed by atoms with Gasteiger partial charge in [0, 0.05) is 5.56 Å². The minimum absolute atomic E-state index is 0.135. The van der Waals surface area contributed by atoms with Gasteiger partial charge in [-0.25, -0.2) is 9.79 Å². The Labute approximate surface area is 153 Å². The van der Waals surface area contributed by atoms with Gasteiger partial charge >= 0.3 is 5.97 Å². The fourth-order valence-electron chi connectivity index (χ4n) is 2.14. The quantitative estimate of drug-likeness (QED) is 0.699. The van der Waals surface area contributed by atoms with Crippen molar-refractivity contribution in [2.75, 3.05) is 6.61 Å². The molecular weight excluding hydrogens is 356 g/mol. The Balaban J connectivity index is 1.81. The van der Waals surface area contributed by atoms with Gasteiger partial charge in [0.25, 0.3) is 5.91 Å². The first kappa shape index (κ1) is 17.6. The summed E-state index contributed by atoms with van der Waals surface area (Å²) in [5.74, 6) is -0.875. The van der Waals surface area contributed by atoms with Crippen molar-refractivity contribution in [1.82, 2.24) is 5.32 Å². The molecule has 1 heterocycles. The zero-order valence-corrected chi connectivity index (χ0v) is 14.2. The number of thioether (sulfide) groups is 1. The highest BCUT2D eigenvalue weighted by molar-refractivity contribution is 8.18. The minimum atomic E-state index is -1.08. The first-order valence-electron chi connectivity index (χ1n) is 7.53. The second-order valence-corrected chi connectivity index (χ2v) is 6.25. The van der Waals surface area contributed by atoms with Crippen molar-refractivity contribution in [3.8, 4) is 11.5 Å². The van der Waals surface area contributed by atoms with Gasteiger partial charge in [-0.2, -0.15) is 0 Å². The molecule has 2 aromatic carbocycles. The fourth-order valence-corrected chi connectivity index (χ4v) is 2.97. The number of amidine groups is 1. The van der Waals surface area contributed by atoms with Gasteiger partial charge in [0.05, 0.1) is 10.6 Å². The van der Waals surface area contributed by atoms with Crippen molar-refractivity contribution >= 4 is 40.6 Å². The van der Waals surface area contributed by atoms with E-state index >= 15 is 0 Å². The first-order chi connectivity index (χ1) is 12.5. The fraction of sp³-hybridized carbons (Fsp3) is 0.0556. The van der Waals surface area contributed by atoms with E-state index in [1.54, 1.807) is 42.5 Å². The van der Waals surface area contributed by atoms with Gasteiger partial charge < -0.3 is 20.3 Å². The van der Waals surface area contributed by atoms with E-state index in [9.17, 15) is 14.7 Å². The summed E-state index contributed by atoms with van der Waals surface area (Å²) in [7, 11) is 0. The molecule has 3 N–H and O–H groups in total. The molecule has 3 rings (SSSR count). The van der Waals surface area contributed by atoms with Gasteiger partial charge in [0.2, 0.25) is 0 Å². The van der Waals surface area contributed by atoms with Crippen LogP contribution in [0.3, 0.4) is 0 Å². The lowest BCUT2D eigenvalue weighted by molar-refractivity contribution is -0.139. The molecule has 0 unspecified atom stereocenters. The summed E-state index contributed by atoms with van der Waals surface area (Å²) in [5.41, 5.74) is 1.19. The van der Waals surface area contributed by atoms with Crippen LogP contribution in [-0.2, 0) is 9.59 Å². The standard InChI is InChI=1S/C18H14N2O5S/c21-13-7-5-12(6-8-13)19-18-20-17(24)15(26-18)9-11-3-1-2-4-14(11)25-10-16(22)23/h1-9,21H,10H2,(H,22,23)(H,19,20,24)/b15-9-. The maximum Gasteiger partial charge on any atom is 0.341 e. The van der Waals surface area contributed by atoms with E-state index in [-0.39, 0.29) is 11.7 Å². The lowest BCUT2D eigenvalue weighted by Crippen LogP contribution is -2.19. The Morgan fingerprint density at radius 3 is 2.65 bits per heavy atom. The van der Waals surface area contributed by atoms with Gasteiger partial charge in [-0.3, -0.25) is 4.79 Å². The monoisotopic (exact) mass is 370 g/mol. The van der Waals surface area contributed by atoms with Gasteiger partial charge in [-0.15, -0.1) is 0 Å². The molecule has 0 bridgehead atoms. The topological polar surface area (TPSA) is 108 Å². The number of phenolic OH excluding ortho intramolecular Hbond substituents is 1. The van der Waals surface area contributed by atoms with Crippen LogP contribution in [0.15, 0.2) is 58.4 Å². The Bertz CT molecular complexity index is 906. The summed E-state index contributed by atoms with van der Waals surface area (Å²) in [4.78, 5) is 27.6. The lowest BCUT2D eigenvalue weighted by Gasteiger charge is -2.06. The Hall–Kier alpha value is -3.26. The van der Waals surface area contributed by atoms with Crippen LogP contribution in [0.1, 0.15) is 5.56 Å². The smallest absolute Gasteiger partial charge is 0.341 e. The van der Waals surface area contributed by atoms with Crippen molar-refractivity contribution in [3.63, 3.8) is 0 Å². The number of carboxylic acids is 1. The third kappa shape index (κ3) is 4.42. The molecule has 7 nitrogen and oxygen atoms in total. The summed E-state index contributed by atoms with van der Waals surface area (Å²) >= 11 is 1.16. The largest absolute Gasteiger partial charge is 0.508 e. The molecule has 0 aliphatic carbocycles. The number of para-hydroxylation sites is 1. The van der Waals surface area contributed by atoms with E-state index in [0.29, 0.717) is 27.1 Å². The van der Waals surface area contributed by atoms with E-state index in [2.05, 4.69) is 10.3 Å². The molecule has 1 aliphatic rings. The summed E-state index contributed by atoms with van der Waals surface area (Å²) in [6, 6.07) is 13.1. The number of ether oxygens (including phenoxy) is 1. The van der Waals surface area contributed by atoms with Crippen molar-refractivity contribution in [2.24, 2.45) is 4.99 Å². The van der Waals surface area contributed by atoms with Crippen molar-refractivity contribution in [1.29, 1.82) is 0 Å². The molecule has 8 heteroatoms. The summed E-state index contributed by atoms with van der Waals surface area (Å²) in [5, 5.41) is 21.1. The number of nitrogens with zero attached hydrogens (tertiary/aromatic N) is 1. The number of phenols is 1. The summed E-state index contributed by atoms with van der Waals surface area (Å²) in [6.07, 6.45) is 1.62. The van der Waals surface area contributed by atoms with Crippen molar-refractivity contribution in [3.05, 3.63) is 59.0 Å². The molecule has 132 valence electrons. The predicted octanol–water partition coefficient (Wildman–Crippen LogP) is 2.75. The van der Waals surface area contributed by atoms with E-state index in [1.807, 2.05) is 0 Å². The summed E-state index contributed by atoms with van der Waals surface area (Å²) in [6.45, 7) is -0.465. The number of carbonyl (C=O) groups excluding carboxylic acids is 1. The number of hydrogen-bond donors (Lipinski definition) is 3. The highest BCUT2D eigenvalue weighted by Crippen LogP contribution is 2.30. The third-order valence-electron chi connectivity index (χ3n) is 3.29. The molecule has 0 saturated carbocycles. The highest BCUT2D eigenvalue weighted by atomic mass is 32.2. The molecule has 26 heavy (non-hydrogen) atoms. The Kier molecular flexibility index (Phi) is 5.23. The first-order valence-corrected chi connectivity index (χ1v) is 8.35. The average molecular weight is 370 g/mol. The normalized spacial score (nSPS) is 16.7. The van der Waals surface area contributed by atoms with Crippen LogP contribution in [0, 0.1) is 0 Å². The maximum atomic E-state index is 12.2. The second kappa shape index (κ2) is 7.75. The Morgan fingerprint density at radius 2 is 1.92 bits per heavy atom. The Morgan fingerprint density at radius 1 is 1.19 bits per heavy atom. The number of amides is 1. The van der Waals surface area contributed by atoms with E-state index in [1.165, 1.54) is 12.1 Å². The number of nitrogens with one attached hydrogen (secondary N) is 1. The van der Waals surface area contributed by atoms with Gasteiger partial charge in [0.15, 0.2) is 11.8 Å². The molecule has 0 radical (unpaired) electrons. The minimum Gasteiger partial charge on any atom is -0.508 e. The molecule has 1 fully saturated rings. The highest BCUT2D eigenvalue weighted by Gasteiger charge is 2.24. The molecule has 2 aromatic rings. The van der Waals surface area contributed by atoms with Crippen LogP contribution in [0.4, 0.5) is 5.69 Å². The maximum absolute atomic E-state index is 12.2. The zero-order valence-electron chi connectivity index (χ0n) is 13.4. The predicted molar refractivity (Wildman–Crippen MR) is 98.5 cm³/mol. The van der Waals surface area contributed by atoms with E-state index in [4.69, 9.17) is 9.84 Å². The van der Waals surface area contributed by atoms with Crippen LogP contribution >= 0.6 is 11.8 Å². The summed E-state index contributed by atoms with van der Waals surface area (Å²) < 4.78 is 5.24. The number of aliphatic imine (C=N–C) groups is 1. The number of benzene rings is 2. The molecule has 0 spiro atoms. The van der Waals surface area contributed by atoms with Crippen molar-refractivity contribution in [2.45, 2.75) is 0 Å². The molecule has 1 saturated heterocycles. The molecule has 0 aromatic heterocycles. The number of aliphatic carboxylic acids is 1. The van der Waals surface area contributed by atoms with Crippen LogP contribution in [0.5, 0.6) is 11.5 Å². The van der Waals surface area contributed by atoms with Gasteiger partial charge in [-0.05, 0) is 48.2 Å². The number of hydrogen-bond acceptors (Lipinski definition) is 6. The second-order valence-electron chi connectivity index (χ2n) is 5.22. The SMILES string of the molecule is O=C(O)COc1ccccc1/C=C1\SC(=Nc2ccc(O)cc2)NC1=O. The molecule has 1 aliphatic heterocycles. The van der Waals surface area contributed by atoms with Crippen LogP contribution < -0.4 is 10.1 Å². The van der Waals surface area contributed by atoms with Crippen molar-refractivity contribution < 1.29 is 24.5 Å². The van der Waals surface area contributed by atoms with E-state index < -0.39 is 12.6 Å². The van der Waals surface area contributed by atoms with Gasteiger partial charge in [-0.1, -0.05) is 18.2 Å². The van der Waals surface area contributed by atoms with Crippen LogP contribution in [-0.4, -0.2) is 33.9 Å². The lowest BCUT2D eigenvalue weighted by atomic mass is 10.2.